The van der Waals surface area contributed by atoms with Crippen LogP contribution >= 0.6 is 0 Å². The van der Waals surface area contributed by atoms with Gasteiger partial charge in [-0.05, 0) is 41.2 Å². The average molecular weight is 301 g/mol. The zero-order chi connectivity index (χ0) is 16.0. The molecule has 0 fully saturated rings. The molecule has 23 heavy (non-hydrogen) atoms. The fraction of sp³-hybridized carbons (Fsp3) is 0.190. The molecule has 0 bridgehead atoms. The normalized spacial score (nSPS) is 20.8. The van der Waals surface area contributed by atoms with E-state index in [2.05, 4.69) is 37.3 Å². The van der Waals surface area contributed by atoms with E-state index in [0.717, 1.165) is 28.8 Å². The maximum Gasteiger partial charge on any atom is 0.258 e. The van der Waals surface area contributed by atoms with E-state index >= 15 is 0 Å². The summed E-state index contributed by atoms with van der Waals surface area (Å²) < 4.78 is 0. The van der Waals surface area contributed by atoms with Gasteiger partial charge in [0.05, 0.1) is 5.69 Å². The number of anilines is 1. The van der Waals surface area contributed by atoms with Crippen LogP contribution in [-0.4, -0.2) is 13.0 Å². The van der Waals surface area contributed by atoms with Crippen molar-refractivity contribution in [3.05, 3.63) is 70.8 Å². The standard InChI is InChI=1S/C21H19NO/c1-14-7-9-16-10-8-15(12-17(16)11-14)13-19-18-5-3-4-6-20(18)22(2)21(19)23/h3-10,12-14H,11H2,1-2H3/b19-13+. The van der Waals surface area contributed by atoms with E-state index in [9.17, 15) is 4.79 Å². The SMILES string of the molecule is CC1C=Cc2ccc(/C=C3/C(=O)N(C)c4ccccc43)cc2C1. The molecule has 0 aromatic heterocycles. The predicted molar refractivity (Wildman–Crippen MR) is 96.1 cm³/mol. The number of rotatable bonds is 1. The van der Waals surface area contributed by atoms with Crippen LogP contribution in [0, 0.1) is 5.92 Å². The van der Waals surface area contributed by atoms with Crippen molar-refractivity contribution < 1.29 is 4.79 Å². The summed E-state index contributed by atoms with van der Waals surface area (Å²) in [6.45, 7) is 2.23. The van der Waals surface area contributed by atoms with E-state index in [-0.39, 0.29) is 5.91 Å². The van der Waals surface area contributed by atoms with Crippen molar-refractivity contribution in [1.82, 2.24) is 0 Å². The minimum atomic E-state index is 0.0668. The first-order chi connectivity index (χ1) is 11.1. The first kappa shape index (κ1) is 14.0. The average Bonchev–Trinajstić information content (AvgIpc) is 2.80. The maximum absolute atomic E-state index is 12.6. The first-order valence-corrected chi connectivity index (χ1v) is 8.04. The highest BCUT2D eigenvalue weighted by Crippen LogP contribution is 2.36. The maximum atomic E-state index is 12.6. The Labute approximate surface area is 136 Å². The number of likely N-dealkylation sites (N-methyl/N-ethyl adjacent to an activating group) is 1. The molecule has 2 aliphatic rings. The lowest BCUT2D eigenvalue weighted by Gasteiger charge is -2.16. The first-order valence-electron chi connectivity index (χ1n) is 8.04. The number of fused-ring (bicyclic) bond motifs is 2. The quantitative estimate of drug-likeness (QED) is 0.715. The lowest BCUT2D eigenvalue weighted by molar-refractivity contribution is -0.112. The molecule has 1 heterocycles. The third kappa shape index (κ3) is 2.31. The molecule has 0 saturated carbocycles. The second kappa shape index (κ2) is 5.24. The molecule has 1 aliphatic heterocycles. The van der Waals surface area contributed by atoms with Crippen molar-refractivity contribution in [1.29, 1.82) is 0 Å². The molecule has 4 rings (SSSR count). The number of amides is 1. The highest BCUT2D eigenvalue weighted by molar-refractivity contribution is 6.35. The van der Waals surface area contributed by atoms with E-state index in [4.69, 9.17) is 0 Å². The number of hydrogen-bond acceptors (Lipinski definition) is 1. The van der Waals surface area contributed by atoms with Gasteiger partial charge in [-0.25, -0.2) is 0 Å². The Morgan fingerprint density at radius 2 is 2.00 bits per heavy atom. The molecule has 0 radical (unpaired) electrons. The van der Waals surface area contributed by atoms with Crippen molar-refractivity contribution in [2.45, 2.75) is 13.3 Å². The van der Waals surface area contributed by atoms with Crippen molar-refractivity contribution >= 4 is 29.3 Å². The van der Waals surface area contributed by atoms with Gasteiger partial charge in [0.15, 0.2) is 0 Å². The number of hydrogen-bond donors (Lipinski definition) is 0. The summed E-state index contributed by atoms with van der Waals surface area (Å²) in [5.74, 6) is 0.641. The monoisotopic (exact) mass is 301 g/mol. The molecule has 1 aliphatic carbocycles. The van der Waals surface area contributed by atoms with Crippen molar-refractivity contribution in [2.75, 3.05) is 11.9 Å². The fourth-order valence-corrected chi connectivity index (χ4v) is 3.44. The molecule has 0 N–H and O–H groups in total. The van der Waals surface area contributed by atoms with E-state index in [1.807, 2.05) is 37.4 Å². The summed E-state index contributed by atoms with van der Waals surface area (Å²) in [5.41, 5.74) is 6.54. The minimum Gasteiger partial charge on any atom is -0.311 e. The number of nitrogens with zero attached hydrogens (tertiary/aromatic N) is 1. The van der Waals surface area contributed by atoms with Crippen LogP contribution in [0.4, 0.5) is 5.69 Å². The third-order valence-corrected chi connectivity index (χ3v) is 4.71. The van der Waals surface area contributed by atoms with Gasteiger partial charge in [0, 0.05) is 18.2 Å². The van der Waals surface area contributed by atoms with E-state index in [1.54, 1.807) is 4.90 Å². The Morgan fingerprint density at radius 3 is 2.87 bits per heavy atom. The second-order valence-electron chi connectivity index (χ2n) is 6.44. The van der Waals surface area contributed by atoms with Gasteiger partial charge in [-0.2, -0.15) is 0 Å². The van der Waals surface area contributed by atoms with Gasteiger partial charge in [0.25, 0.3) is 5.91 Å². The van der Waals surface area contributed by atoms with Gasteiger partial charge in [-0.3, -0.25) is 4.79 Å². The molecular formula is C21H19NO. The van der Waals surface area contributed by atoms with Crippen LogP contribution in [0.15, 0.2) is 48.5 Å². The lowest BCUT2D eigenvalue weighted by atomic mass is 9.89. The summed E-state index contributed by atoms with van der Waals surface area (Å²) >= 11 is 0. The molecule has 2 aromatic carbocycles. The van der Waals surface area contributed by atoms with Gasteiger partial charge in [-0.15, -0.1) is 0 Å². The molecular weight excluding hydrogens is 282 g/mol. The number of para-hydroxylation sites is 1. The summed E-state index contributed by atoms with van der Waals surface area (Å²) in [6.07, 6.45) is 7.54. The number of benzene rings is 2. The molecule has 2 aromatic rings. The molecule has 1 amide bonds. The molecule has 1 atom stereocenters. The van der Waals surface area contributed by atoms with E-state index in [0.29, 0.717) is 5.92 Å². The van der Waals surface area contributed by atoms with Crippen LogP contribution in [0.1, 0.15) is 29.2 Å². The Balaban J connectivity index is 1.78. The van der Waals surface area contributed by atoms with Crippen LogP contribution in [0.5, 0.6) is 0 Å². The second-order valence-corrected chi connectivity index (χ2v) is 6.44. The minimum absolute atomic E-state index is 0.0668. The van der Waals surface area contributed by atoms with Crippen LogP contribution < -0.4 is 4.90 Å². The van der Waals surface area contributed by atoms with Gasteiger partial charge >= 0.3 is 0 Å². The van der Waals surface area contributed by atoms with E-state index in [1.165, 1.54) is 11.1 Å². The van der Waals surface area contributed by atoms with Crippen LogP contribution in [0.2, 0.25) is 0 Å². The van der Waals surface area contributed by atoms with Gasteiger partial charge in [0.2, 0.25) is 0 Å². The molecule has 2 heteroatoms. The smallest absolute Gasteiger partial charge is 0.258 e. The third-order valence-electron chi connectivity index (χ3n) is 4.71. The Hall–Kier alpha value is -2.61. The van der Waals surface area contributed by atoms with Crippen LogP contribution in [0.25, 0.3) is 17.7 Å². The Kier molecular flexibility index (Phi) is 3.19. The Morgan fingerprint density at radius 1 is 1.17 bits per heavy atom. The number of carbonyl (C=O) groups excluding carboxylic acids is 1. The number of carbonyl (C=O) groups is 1. The van der Waals surface area contributed by atoms with Crippen molar-refractivity contribution in [3.63, 3.8) is 0 Å². The molecule has 114 valence electrons. The largest absolute Gasteiger partial charge is 0.311 e. The summed E-state index contributed by atoms with van der Waals surface area (Å²) in [7, 11) is 1.83. The molecule has 1 unspecified atom stereocenters. The summed E-state index contributed by atoms with van der Waals surface area (Å²) in [6, 6.07) is 14.4. The van der Waals surface area contributed by atoms with Gasteiger partial charge < -0.3 is 4.90 Å². The highest BCUT2D eigenvalue weighted by atomic mass is 16.2. The lowest BCUT2D eigenvalue weighted by Crippen LogP contribution is -2.20. The highest BCUT2D eigenvalue weighted by Gasteiger charge is 2.29. The van der Waals surface area contributed by atoms with Gasteiger partial charge in [-0.1, -0.05) is 55.5 Å². The predicted octanol–water partition coefficient (Wildman–Crippen LogP) is 4.41. The van der Waals surface area contributed by atoms with Crippen molar-refractivity contribution in [3.8, 4) is 0 Å². The topological polar surface area (TPSA) is 20.3 Å². The van der Waals surface area contributed by atoms with Crippen LogP contribution in [0.3, 0.4) is 0 Å². The fourth-order valence-electron chi connectivity index (χ4n) is 3.44. The van der Waals surface area contributed by atoms with Crippen molar-refractivity contribution in [2.24, 2.45) is 5.92 Å². The molecule has 0 saturated heterocycles. The zero-order valence-electron chi connectivity index (χ0n) is 13.4. The molecule has 2 nitrogen and oxygen atoms in total. The van der Waals surface area contributed by atoms with E-state index < -0.39 is 0 Å². The van der Waals surface area contributed by atoms with Crippen LogP contribution in [-0.2, 0) is 11.2 Å². The molecule has 0 spiro atoms. The Bertz CT molecular complexity index is 860. The number of allylic oxidation sites excluding steroid dienone is 1. The zero-order valence-corrected chi connectivity index (χ0v) is 13.4. The summed E-state index contributed by atoms with van der Waals surface area (Å²) in [4.78, 5) is 14.3. The summed E-state index contributed by atoms with van der Waals surface area (Å²) in [5, 5.41) is 0. The van der Waals surface area contributed by atoms with Gasteiger partial charge in [0.1, 0.15) is 0 Å².